The molecule has 0 spiro atoms. The van der Waals surface area contributed by atoms with Crippen LogP contribution in [0.3, 0.4) is 0 Å². The van der Waals surface area contributed by atoms with Gasteiger partial charge in [-0.1, -0.05) is 49.7 Å². The van der Waals surface area contributed by atoms with E-state index >= 15 is 0 Å². The molecule has 0 aliphatic heterocycles. The van der Waals surface area contributed by atoms with Crippen LogP contribution in [0.25, 0.3) is 0 Å². The van der Waals surface area contributed by atoms with Crippen LogP contribution in [0.5, 0.6) is 0 Å². The van der Waals surface area contributed by atoms with E-state index < -0.39 is 0 Å². The maximum atomic E-state index is 5.55. The Bertz CT molecular complexity index is 235. The first-order chi connectivity index (χ1) is 7.60. The molecule has 0 bridgehead atoms. The highest BCUT2D eigenvalue weighted by molar-refractivity contribution is 5.11. The van der Waals surface area contributed by atoms with Crippen LogP contribution in [0.2, 0.25) is 0 Å². The smallest absolute Gasteiger partial charge is 0.0548 e. The lowest BCUT2D eigenvalue weighted by Gasteiger charge is -2.15. The number of benzene rings is 1. The second-order valence-electron chi connectivity index (χ2n) is 4.23. The largest absolute Gasteiger partial charge is 0.376 e. The number of hydrogen-bond donors (Lipinski definition) is 0. The lowest BCUT2D eigenvalue weighted by atomic mass is 10.2. The summed E-state index contributed by atoms with van der Waals surface area (Å²) in [6.45, 7) is 10.6. The fraction of sp³-hybridized carbons (Fsp3) is 0.600. The zero-order valence-electron chi connectivity index (χ0n) is 11.4. The summed E-state index contributed by atoms with van der Waals surface area (Å²) in [5.41, 5.74) is 1.32. The van der Waals surface area contributed by atoms with Crippen LogP contribution < -0.4 is 0 Å². The Kier molecular flexibility index (Phi) is 8.93. The van der Waals surface area contributed by atoms with E-state index in [0.717, 1.165) is 12.8 Å². The van der Waals surface area contributed by atoms with E-state index in [1.165, 1.54) is 5.56 Å². The maximum Gasteiger partial charge on any atom is 0.0548 e. The fourth-order valence-corrected chi connectivity index (χ4v) is 1.12. The van der Waals surface area contributed by atoms with E-state index in [4.69, 9.17) is 4.74 Å². The lowest BCUT2D eigenvalue weighted by molar-refractivity contribution is 0.00511. The zero-order valence-corrected chi connectivity index (χ0v) is 11.4. The molecule has 0 aliphatic rings. The summed E-state index contributed by atoms with van der Waals surface area (Å²) in [6.07, 6.45) is 3.09. The van der Waals surface area contributed by atoms with Crippen molar-refractivity contribution < 1.29 is 4.74 Å². The lowest BCUT2D eigenvalue weighted by Crippen LogP contribution is -2.14. The minimum atomic E-state index is 0.431. The summed E-state index contributed by atoms with van der Waals surface area (Å²) in [5, 5.41) is 0. The van der Waals surface area contributed by atoms with Gasteiger partial charge in [-0.25, -0.2) is 0 Å². The molecule has 2 atom stereocenters. The highest BCUT2D eigenvalue weighted by Crippen LogP contribution is 2.03. The van der Waals surface area contributed by atoms with Gasteiger partial charge in [0.05, 0.1) is 12.2 Å². The van der Waals surface area contributed by atoms with Crippen LogP contribution in [0.4, 0.5) is 0 Å². The van der Waals surface area contributed by atoms with E-state index in [1.807, 2.05) is 18.2 Å². The van der Waals surface area contributed by atoms with Gasteiger partial charge in [0.25, 0.3) is 0 Å². The Morgan fingerprint density at radius 2 is 1.38 bits per heavy atom. The first-order valence-electron chi connectivity index (χ1n) is 6.27. The zero-order chi connectivity index (χ0) is 12.4. The predicted octanol–water partition coefficient (Wildman–Crippen LogP) is 4.60. The van der Waals surface area contributed by atoms with Gasteiger partial charge in [0.1, 0.15) is 0 Å². The summed E-state index contributed by atoms with van der Waals surface area (Å²) in [7, 11) is 0. The van der Waals surface area contributed by atoms with Crippen LogP contribution in [-0.4, -0.2) is 12.2 Å². The molecule has 0 saturated carbocycles. The number of rotatable bonds is 4. The van der Waals surface area contributed by atoms with E-state index in [9.17, 15) is 0 Å². The number of ether oxygens (including phenoxy) is 1. The molecular weight excluding hydrogens is 196 g/mol. The van der Waals surface area contributed by atoms with Gasteiger partial charge < -0.3 is 4.74 Å². The third-order valence-corrected chi connectivity index (χ3v) is 2.55. The van der Waals surface area contributed by atoms with E-state index in [-0.39, 0.29) is 0 Å². The molecule has 16 heavy (non-hydrogen) atoms. The second-order valence-corrected chi connectivity index (χ2v) is 4.23. The molecule has 0 saturated heterocycles. The van der Waals surface area contributed by atoms with E-state index in [0.29, 0.717) is 12.2 Å². The molecule has 0 aromatic heterocycles. The van der Waals surface area contributed by atoms with E-state index in [1.54, 1.807) is 0 Å². The molecule has 1 rings (SSSR count). The highest BCUT2D eigenvalue weighted by Gasteiger charge is 2.02. The third-order valence-electron chi connectivity index (χ3n) is 2.55. The Hall–Kier alpha value is -0.820. The molecular formula is C15H26O. The summed E-state index contributed by atoms with van der Waals surface area (Å²) < 4.78 is 5.55. The minimum Gasteiger partial charge on any atom is -0.376 e. The van der Waals surface area contributed by atoms with Crippen LogP contribution in [0.1, 0.15) is 46.1 Å². The predicted molar refractivity (Wildman–Crippen MR) is 71.8 cm³/mol. The van der Waals surface area contributed by atoms with Crippen molar-refractivity contribution in [3.63, 3.8) is 0 Å². The fourth-order valence-electron chi connectivity index (χ4n) is 1.12. The molecule has 0 fully saturated rings. The van der Waals surface area contributed by atoms with Gasteiger partial charge >= 0.3 is 0 Å². The summed E-state index contributed by atoms with van der Waals surface area (Å²) in [5.74, 6) is 0. The Labute approximate surface area is 101 Å². The Morgan fingerprint density at radius 1 is 0.938 bits per heavy atom. The van der Waals surface area contributed by atoms with Gasteiger partial charge in [0, 0.05) is 0 Å². The van der Waals surface area contributed by atoms with Gasteiger partial charge in [-0.05, 0) is 33.6 Å². The normalized spacial score (nSPS) is 13.6. The molecule has 0 N–H and O–H groups in total. The number of aryl methyl sites for hydroxylation is 1. The molecule has 1 aromatic rings. The molecule has 0 amide bonds. The van der Waals surface area contributed by atoms with Crippen LogP contribution in [0, 0.1) is 6.92 Å². The monoisotopic (exact) mass is 222 g/mol. The molecule has 1 nitrogen and oxygen atoms in total. The van der Waals surface area contributed by atoms with Crippen molar-refractivity contribution in [2.75, 3.05) is 0 Å². The molecule has 0 aliphatic carbocycles. The topological polar surface area (TPSA) is 9.23 Å². The Morgan fingerprint density at radius 3 is 1.62 bits per heavy atom. The quantitative estimate of drug-likeness (QED) is 0.723. The number of hydrogen-bond acceptors (Lipinski definition) is 1. The van der Waals surface area contributed by atoms with Crippen LogP contribution >= 0.6 is 0 Å². The maximum absolute atomic E-state index is 5.55. The minimum absolute atomic E-state index is 0.431. The van der Waals surface area contributed by atoms with Crippen molar-refractivity contribution in [1.82, 2.24) is 0 Å². The first kappa shape index (κ1) is 15.2. The molecule has 0 radical (unpaired) electrons. The van der Waals surface area contributed by atoms with Gasteiger partial charge in [-0.15, -0.1) is 0 Å². The van der Waals surface area contributed by atoms with Crippen molar-refractivity contribution in [3.05, 3.63) is 35.9 Å². The van der Waals surface area contributed by atoms with Crippen LogP contribution in [-0.2, 0) is 4.74 Å². The average Bonchev–Trinajstić information content (AvgIpc) is 2.30. The van der Waals surface area contributed by atoms with Crippen molar-refractivity contribution >= 4 is 0 Å². The van der Waals surface area contributed by atoms with Gasteiger partial charge in [-0.3, -0.25) is 0 Å². The molecule has 1 aromatic carbocycles. The molecule has 92 valence electrons. The summed E-state index contributed by atoms with van der Waals surface area (Å²) >= 11 is 0. The third kappa shape index (κ3) is 8.49. The summed E-state index contributed by atoms with van der Waals surface area (Å²) in [4.78, 5) is 0. The SMILES string of the molecule is CCC(C)OC(C)CC.Cc1ccccc1. The second kappa shape index (κ2) is 9.41. The van der Waals surface area contributed by atoms with Crippen molar-refractivity contribution in [1.29, 1.82) is 0 Å². The summed E-state index contributed by atoms with van der Waals surface area (Å²) in [6, 6.07) is 10.3. The average molecular weight is 222 g/mol. The highest BCUT2D eigenvalue weighted by atomic mass is 16.5. The standard InChI is InChI=1S/C8H18O.C7H8/c1-5-7(3)9-8(4)6-2;1-7-5-3-2-4-6-7/h7-8H,5-6H2,1-4H3;2-6H,1H3. The molecule has 1 heteroatoms. The molecule has 2 unspecified atom stereocenters. The first-order valence-corrected chi connectivity index (χ1v) is 6.27. The van der Waals surface area contributed by atoms with Crippen molar-refractivity contribution in [3.8, 4) is 0 Å². The van der Waals surface area contributed by atoms with E-state index in [2.05, 4.69) is 46.8 Å². The van der Waals surface area contributed by atoms with Crippen molar-refractivity contribution in [2.24, 2.45) is 0 Å². The van der Waals surface area contributed by atoms with Crippen molar-refractivity contribution in [2.45, 2.75) is 59.7 Å². The van der Waals surface area contributed by atoms with Gasteiger partial charge in [0.15, 0.2) is 0 Å². The van der Waals surface area contributed by atoms with Crippen LogP contribution in [0.15, 0.2) is 30.3 Å². The van der Waals surface area contributed by atoms with Gasteiger partial charge in [0.2, 0.25) is 0 Å². The molecule has 0 heterocycles. The van der Waals surface area contributed by atoms with Gasteiger partial charge in [-0.2, -0.15) is 0 Å². The Balaban J connectivity index is 0.000000288.